The average Bonchev–Trinajstić information content (AvgIpc) is 2.88. The van der Waals surface area contributed by atoms with E-state index in [-0.39, 0.29) is 5.78 Å². The summed E-state index contributed by atoms with van der Waals surface area (Å²) in [5.41, 5.74) is 0. The van der Waals surface area contributed by atoms with Crippen molar-refractivity contribution >= 4 is 22.3 Å². The number of carbonyl (C=O) groups excluding carboxylic acids is 1. The molecule has 1 fully saturated rings. The first-order valence-electron chi connectivity index (χ1n) is 5.96. The van der Waals surface area contributed by atoms with Crippen LogP contribution in [0.1, 0.15) is 29.4 Å². The summed E-state index contributed by atoms with van der Waals surface area (Å²) >= 11 is 1.48. The standard InChI is InChI=1S/C12H19N3OS/c1-9(16)11-7-13-12(17-11)15(3)8-10-5-4-6-14(10)2/h7,10H,4-6,8H2,1-3H3. The minimum Gasteiger partial charge on any atom is -0.350 e. The second-order valence-electron chi connectivity index (χ2n) is 4.72. The van der Waals surface area contributed by atoms with Gasteiger partial charge in [0.1, 0.15) is 0 Å². The van der Waals surface area contributed by atoms with Gasteiger partial charge in [0, 0.05) is 26.6 Å². The Balaban J connectivity index is 1.98. The second kappa shape index (κ2) is 5.14. The third kappa shape index (κ3) is 2.84. The molecule has 5 heteroatoms. The highest BCUT2D eigenvalue weighted by atomic mass is 32.1. The first-order valence-corrected chi connectivity index (χ1v) is 6.77. The first-order chi connectivity index (χ1) is 8.08. The summed E-state index contributed by atoms with van der Waals surface area (Å²) in [7, 11) is 4.23. The van der Waals surface area contributed by atoms with Gasteiger partial charge < -0.3 is 9.80 Å². The monoisotopic (exact) mass is 253 g/mol. The van der Waals surface area contributed by atoms with Gasteiger partial charge in [0.25, 0.3) is 0 Å². The molecule has 1 aliphatic heterocycles. The first kappa shape index (κ1) is 12.5. The molecule has 0 radical (unpaired) electrons. The average molecular weight is 253 g/mol. The molecule has 0 N–H and O–H groups in total. The molecule has 4 nitrogen and oxygen atoms in total. The molecule has 0 saturated carbocycles. The molecule has 1 aromatic heterocycles. The quantitative estimate of drug-likeness (QED) is 0.768. The molecule has 1 unspecified atom stereocenters. The zero-order valence-corrected chi connectivity index (χ0v) is 11.5. The highest BCUT2D eigenvalue weighted by molar-refractivity contribution is 7.17. The lowest BCUT2D eigenvalue weighted by Crippen LogP contribution is -2.36. The number of likely N-dealkylation sites (tertiary alicyclic amines) is 1. The molecule has 0 aromatic carbocycles. The molecule has 17 heavy (non-hydrogen) atoms. The van der Waals surface area contributed by atoms with E-state index in [2.05, 4.69) is 28.9 Å². The second-order valence-corrected chi connectivity index (χ2v) is 5.73. The van der Waals surface area contributed by atoms with Crippen LogP contribution in [-0.4, -0.2) is 48.9 Å². The minimum absolute atomic E-state index is 0.0973. The predicted octanol–water partition coefficient (Wildman–Crippen LogP) is 1.88. The van der Waals surface area contributed by atoms with Gasteiger partial charge in [0.2, 0.25) is 0 Å². The van der Waals surface area contributed by atoms with Crippen LogP contribution in [-0.2, 0) is 0 Å². The molecule has 1 aliphatic rings. The van der Waals surface area contributed by atoms with E-state index in [0.29, 0.717) is 6.04 Å². The Morgan fingerprint density at radius 3 is 3.00 bits per heavy atom. The van der Waals surface area contributed by atoms with Gasteiger partial charge in [-0.05, 0) is 26.4 Å². The van der Waals surface area contributed by atoms with Gasteiger partial charge in [-0.3, -0.25) is 4.79 Å². The number of ketones is 1. The van der Waals surface area contributed by atoms with Crippen LogP contribution in [0.5, 0.6) is 0 Å². The van der Waals surface area contributed by atoms with Crippen LogP contribution in [0, 0.1) is 0 Å². The number of Topliss-reactive ketones (excluding diaryl/α,β-unsaturated/α-hetero) is 1. The zero-order valence-electron chi connectivity index (χ0n) is 10.6. The number of hydrogen-bond acceptors (Lipinski definition) is 5. The SMILES string of the molecule is CC(=O)c1cnc(N(C)CC2CCCN2C)s1. The molecular weight excluding hydrogens is 234 g/mol. The topological polar surface area (TPSA) is 36.4 Å². The molecule has 0 aliphatic carbocycles. The molecule has 94 valence electrons. The van der Waals surface area contributed by atoms with Crippen LogP contribution < -0.4 is 4.90 Å². The predicted molar refractivity (Wildman–Crippen MR) is 71.0 cm³/mol. The van der Waals surface area contributed by atoms with E-state index < -0.39 is 0 Å². The van der Waals surface area contributed by atoms with Crippen LogP contribution in [0.15, 0.2) is 6.20 Å². The van der Waals surface area contributed by atoms with Gasteiger partial charge in [-0.15, -0.1) is 0 Å². The van der Waals surface area contributed by atoms with E-state index in [1.54, 1.807) is 13.1 Å². The van der Waals surface area contributed by atoms with Crippen molar-refractivity contribution in [1.29, 1.82) is 0 Å². The van der Waals surface area contributed by atoms with E-state index in [0.717, 1.165) is 16.6 Å². The molecule has 0 spiro atoms. The largest absolute Gasteiger partial charge is 0.350 e. The maximum absolute atomic E-state index is 11.2. The van der Waals surface area contributed by atoms with E-state index >= 15 is 0 Å². The lowest BCUT2D eigenvalue weighted by atomic mass is 10.2. The third-order valence-corrected chi connectivity index (χ3v) is 4.54. The Labute approximate surface area is 106 Å². The Morgan fingerprint density at radius 1 is 1.71 bits per heavy atom. The molecule has 1 aromatic rings. The van der Waals surface area contributed by atoms with Crippen LogP contribution in [0.4, 0.5) is 5.13 Å². The van der Waals surface area contributed by atoms with E-state index in [9.17, 15) is 4.79 Å². The molecule has 1 atom stereocenters. The summed E-state index contributed by atoms with van der Waals surface area (Å²) in [5.74, 6) is 0.0973. The van der Waals surface area contributed by atoms with Crippen LogP contribution in [0.3, 0.4) is 0 Å². The smallest absolute Gasteiger partial charge is 0.185 e. The van der Waals surface area contributed by atoms with E-state index in [1.165, 1.54) is 30.7 Å². The lowest BCUT2D eigenvalue weighted by Gasteiger charge is -2.25. The van der Waals surface area contributed by atoms with Gasteiger partial charge in [-0.2, -0.15) is 0 Å². The van der Waals surface area contributed by atoms with Crippen molar-refractivity contribution in [3.63, 3.8) is 0 Å². The summed E-state index contributed by atoms with van der Waals surface area (Å²) in [6.45, 7) is 3.76. The number of thiazole rings is 1. The molecule has 0 bridgehead atoms. The maximum Gasteiger partial charge on any atom is 0.185 e. The zero-order chi connectivity index (χ0) is 12.4. The Kier molecular flexibility index (Phi) is 3.79. The van der Waals surface area contributed by atoms with Crippen molar-refractivity contribution < 1.29 is 4.79 Å². The summed E-state index contributed by atoms with van der Waals surface area (Å²) in [5, 5.41) is 0.940. The van der Waals surface area contributed by atoms with Crippen molar-refractivity contribution in [1.82, 2.24) is 9.88 Å². The van der Waals surface area contributed by atoms with E-state index in [4.69, 9.17) is 0 Å². The Morgan fingerprint density at radius 2 is 2.47 bits per heavy atom. The molecular formula is C12H19N3OS. The Hall–Kier alpha value is -0.940. The number of rotatable bonds is 4. The minimum atomic E-state index is 0.0973. The summed E-state index contributed by atoms with van der Waals surface area (Å²) in [4.78, 5) is 20.8. The summed E-state index contributed by atoms with van der Waals surface area (Å²) in [6, 6.07) is 0.615. The summed E-state index contributed by atoms with van der Waals surface area (Å²) in [6.07, 6.45) is 4.22. The molecule has 2 rings (SSSR count). The number of carbonyl (C=O) groups is 1. The van der Waals surface area contributed by atoms with Gasteiger partial charge in [0.05, 0.1) is 11.1 Å². The van der Waals surface area contributed by atoms with Gasteiger partial charge in [-0.1, -0.05) is 11.3 Å². The number of likely N-dealkylation sites (N-methyl/N-ethyl adjacent to an activating group) is 2. The van der Waals surface area contributed by atoms with Crippen LogP contribution in [0.25, 0.3) is 0 Å². The fourth-order valence-corrected chi connectivity index (χ4v) is 2.99. The van der Waals surface area contributed by atoms with Crippen LogP contribution >= 0.6 is 11.3 Å². The van der Waals surface area contributed by atoms with E-state index in [1.807, 2.05) is 0 Å². The molecule has 0 amide bonds. The molecule has 1 saturated heterocycles. The molecule has 2 heterocycles. The van der Waals surface area contributed by atoms with Crippen molar-refractivity contribution in [2.24, 2.45) is 0 Å². The number of hydrogen-bond donors (Lipinski definition) is 0. The fraction of sp³-hybridized carbons (Fsp3) is 0.667. The van der Waals surface area contributed by atoms with Gasteiger partial charge in [-0.25, -0.2) is 4.98 Å². The normalized spacial score (nSPS) is 20.8. The lowest BCUT2D eigenvalue weighted by molar-refractivity contribution is 0.102. The highest BCUT2D eigenvalue weighted by Crippen LogP contribution is 2.24. The third-order valence-electron chi connectivity index (χ3n) is 3.32. The van der Waals surface area contributed by atoms with Crippen LogP contribution in [0.2, 0.25) is 0 Å². The van der Waals surface area contributed by atoms with Gasteiger partial charge in [0.15, 0.2) is 10.9 Å². The van der Waals surface area contributed by atoms with Crippen molar-refractivity contribution in [2.45, 2.75) is 25.8 Å². The Bertz CT molecular complexity index is 404. The van der Waals surface area contributed by atoms with Crippen molar-refractivity contribution in [2.75, 3.05) is 32.1 Å². The number of anilines is 1. The fourth-order valence-electron chi connectivity index (χ4n) is 2.21. The summed E-state index contributed by atoms with van der Waals surface area (Å²) < 4.78 is 0. The maximum atomic E-state index is 11.2. The highest BCUT2D eigenvalue weighted by Gasteiger charge is 2.23. The van der Waals surface area contributed by atoms with Crippen molar-refractivity contribution in [3.8, 4) is 0 Å². The number of aromatic nitrogens is 1. The number of nitrogens with zero attached hydrogens (tertiary/aromatic N) is 3. The van der Waals surface area contributed by atoms with Gasteiger partial charge >= 0.3 is 0 Å². The van der Waals surface area contributed by atoms with Crippen molar-refractivity contribution in [3.05, 3.63) is 11.1 Å².